The first-order valence-corrected chi connectivity index (χ1v) is 10.1. The van der Waals surface area contributed by atoms with Gasteiger partial charge in [-0.1, -0.05) is 20.8 Å². The van der Waals surface area contributed by atoms with E-state index in [2.05, 4.69) is 41.8 Å². The molecule has 2 aromatic heterocycles. The summed E-state index contributed by atoms with van der Waals surface area (Å²) in [5.74, 6) is 0.818. The summed E-state index contributed by atoms with van der Waals surface area (Å²) in [6.45, 7) is 7.87. The third-order valence-electron chi connectivity index (χ3n) is 5.63. The summed E-state index contributed by atoms with van der Waals surface area (Å²) in [5, 5.41) is 5.74. The monoisotopic (exact) mass is 392 g/mol. The number of fused-ring (bicyclic) bond motifs is 1. The predicted octanol–water partition coefficient (Wildman–Crippen LogP) is 3.77. The van der Waals surface area contributed by atoms with Crippen LogP contribution < -0.4 is 15.2 Å². The van der Waals surface area contributed by atoms with E-state index in [1.165, 1.54) is 0 Å². The van der Waals surface area contributed by atoms with Crippen molar-refractivity contribution in [2.45, 2.75) is 51.6 Å². The molecule has 1 aromatic carbocycles. The zero-order valence-corrected chi connectivity index (χ0v) is 17.6. The van der Waals surface area contributed by atoms with Crippen molar-refractivity contribution in [1.29, 1.82) is 0 Å². The second kappa shape index (κ2) is 7.50. The number of pyridine rings is 1. The molecule has 1 fully saturated rings. The lowest BCUT2D eigenvalue weighted by Crippen LogP contribution is -2.38. The number of rotatable bonds is 4. The van der Waals surface area contributed by atoms with Crippen LogP contribution in [0.1, 0.15) is 39.3 Å². The number of ether oxygens (including phenoxy) is 1. The van der Waals surface area contributed by atoms with Gasteiger partial charge in [0.2, 0.25) is 0 Å². The minimum absolute atomic E-state index is 0.0499. The molecule has 1 aliphatic heterocycles. The molecule has 0 saturated carbocycles. The van der Waals surface area contributed by atoms with E-state index < -0.39 is 0 Å². The van der Waals surface area contributed by atoms with E-state index in [4.69, 9.17) is 4.74 Å². The second-order valence-electron chi connectivity index (χ2n) is 8.69. The standard InChI is InChI=1S/C23H28N4O2/c1-23(2,3)21-9-10-22(28)27(25-21)15-16-6-5-13-26(16)20-11-12-24-19-8-7-17(29-4)14-18(19)20/h7-12,14,16H,5-6,13,15H2,1-4H3. The summed E-state index contributed by atoms with van der Waals surface area (Å²) in [5.41, 5.74) is 2.87. The van der Waals surface area contributed by atoms with E-state index in [1.54, 1.807) is 17.9 Å². The summed E-state index contributed by atoms with van der Waals surface area (Å²) in [6.07, 6.45) is 3.97. The van der Waals surface area contributed by atoms with Gasteiger partial charge in [0.05, 0.1) is 24.9 Å². The van der Waals surface area contributed by atoms with Crippen molar-refractivity contribution in [3.05, 3.63) is 58.6 Å². The van der Waals surface area contributed by atoms with Crippen LogP contribution in [0.4, 0.5) is 5.69 Å². The van der Waals surface area contributed by atoms with Crippen LogP contribution in [0.15, 0.2) is 47.4 Å². The van der Waals surface area contributed by atoms with Crippen molar-refractivity contribution in [2.75, 3.05) is 18.6 Å². The summed E-state index contributed by atoms with van der Waals surface area (Å²) in [7, 11) is 1.68. The number of aromatic nitrogens is 3. The highest BCUT2D eigenvalue weighted by atomic mass is 16.5. The number of nitrogens with zero attached hydrogens (tertiary/aromatic N) is 4. The van der Waals surface area contributed by atoms with Crippen molar-refractivity contribution in [3.8, 4) is 5.75 Å². The quantitative estimate of drug-likeness (QED) is 0.676. The van der Waals surface area contributed by atoms with Crippen LogP contribution in [0.2, 0.25) is 0 Å². The second-order valence-corrected chi connectivity index (χ2v) is 8.69. The van der Waals surface area contributed by atoms with Gasteiger partial charge in [0, 0.05) is 41.3 Å². The van der Waals surface area contributed by atoms with Crippen LogP contribution in [0, 0.1) is 0 Å². The molecule has 1 saturated heterocycles. The average Bonchev–Trinajstić information content (AvgIpc) is 3.15. The zero-order valence-electron chi connectivity index (χ0n) is 17.6. The van der Waals surface area contributed by atoms with Gasteiger partial charge in [-0.3, -0.25) is 9.78 Å². The summed E-state index contributed by atoms with van der Waals surface area (Å²) in [6, 6.07) is 11.7. The van der Waals surface area contributed by atoms with E-state index in [0.717, 1.165) is 47.4 Å². The van der Waals surface area contributed by atoms with E-state index in [1.807, 2.05) is 30.5 Å². The highest BCUT2D eigenvalue weighted by Gasteiger charge is 2.28. The third kappa shape index (κ3) is 3.84. The third-order valence-corrected chi connectivity index (χ3v) is 5.63. The molecule has 0 spiro atoms. The molecule has 6 heteroatoms. The lowest BCUT2D eigenvalue weighted by atomic mass is 9.92. The molecule has 6 nitrogen and oxygen atoms in total. The zero-order chi connectivity index (χ0) is 20.6. The maximum atomic E-state index is 12.5. The lowest BCUT2D eigenvalue weighted by molar-refractivity contribution is 0.415. The Labute approximate surface area is 171 Å². The molecule has 29 heavy (non-hydrogen) atoms. The molecule has 1 atom stereocenters. The first-order chi connectivity index (χ1) is 13.9. The minimum Gasteiger partial charge on any atom is -0.497 e. The van der Waals surface area contributed by atoms with Gasteiger partial charge < -0.3 is 9.64 Å². The van der Waals surface area contributed by atoms with Gasteiger partial charge in [-0.15, -0.1) is 0 Å². The molecule has 0 aliphatic carbocycles. The summed E-state index contributed by atoms with van der Waals surface area (Å²) >= 11 is 0. The van der Waals surface area contributed by atoms with Crippen molar-refractivity contribution in [1.82, 2.24) is 14.8 Å². The Hall–Kier alpha value is -2.89. The Bertz CT molecular complexity index is 1080. The highest BCUT2D eigenvalue weighted by molar-refractivity contribution is 5.92. The number of hydrogen-bond acceptors (Lipinski definition) is 5. The van der Waals surface area contributed by atoms with Gasteiger partial charge in [-0.05, 0) is 43.2 Å². The topological polar surface area (TPSA) is 60.2 Å². The van der Waals surface area contributed by atoms with Crippen molar-refractivity contribution in [2.24, 2.45) is 0 Å². The molecule has 3 aromatic rings. The van der Waals surface area contributed by atoms with E-state index >= 15 is 0 Å². The fourth-order valence-electron chi connectivity index (χ4n) is 4.01. The van der Waals surface area contributed by atoms with Gasteiger partial charge in [-0.2, -0.15) is 5.10 Å². The van der Waals surface area contributed by atoms with Gasteiger partial charge in [0.25, 0.3) is 5.56 Å². The predicted molar refractivity (Wildman–Crippen MR) is 116 cm³/mol. The molecule has 0 N–H and O–H groups in total. The summed E-state index contributed by atoms with van der Waals surface area (Å²) < 4.78 is 7.05. The van der Waals surface area contributed by atoms with E-state index in [9.17, 15) is 4.79 Å². The Kier molecular flexibility index (Phi) is 5.03. The van der Waals surface area contributed by atoms with Crippen molar-refractivity contribution in [3.63, 3.8) is 0 Å². The normalized spacial score (nSPS) is 17.1. The Morgan fingerprint density at radius 3 is 2.76 bits per heavy atom. The molecule has 0 amide bonds. The first-order valence-electron chi connectivity index (χ1n) is 10.1. The minimum atomic E-state index is -0.0946. The smallest absolute Gasteiger partial charge is 0.266 e. The van der Waals surface area contributed by atoms with Gasteiger partial charge >= 0.3 is 0 Å². The largest absolute Gasteiger partial charge is 0.497 e. The van der Waals surface area contributed by atoms with Crippen LogP contribution in [0.25, 0.3) is 10.9 Å². The molecule has 0 bridgehead atoms. The fraction of sp³-hybridized carbons (Fsp3) is 0.435. The fourth-order valence-corrected chi connectivity index (χ4v) is 4.01. The number of hydrogen-bond donors (Lipinski definition) is 0. The van der Waals surface area contributed by atoms with Gasteiger partial charge in [-0.25, -0.2) is 4.68 Å². The summed E-state index contributed by atoms with van der Waals surface area (Å²) in [4.78, 5) is 19.4. The van der Waals surface area contributed by atoms with Crippen LogP contribution in [0.3, 0.4) is 0 Å². The van der Waals surface area contributed by atoms with Gasteiger partial charge in [0.15, 0.2) is 0 Å². The number of anilines is 1. The highest BCUT2D eigenvalue weighted by Crippen LogP contribution is 2.33. The van der Waals surface area contributed by atoms with Crippen LogP contribution in [-0.2, 0) is 12.0 Å². The Balaban J connectivity index is 1.69. The van der Waals surface area contributed by atoms with Crippen molar-refractivity contribution < 1.29 is 4.74 Å². The molecule has 152 valence electrons. The number of benzene rings is 1. The van der Waals surface area contributed by atoms with Gasteiger partial charge in [0.1, 0.15) is 5.75 Å². The van der Waals surface area contributed by atoms with Crippen LogP contribution in [0.5, 0.6) is 5.75 Å². The first kappa shape index (κ1) is 19.4. The molecule has 1 unspecified atom stereocenters. The van der Waals surface area contributed by atoms with E-state index in [-0.39, 0.29) is 17.0 Å². The van der Waals surface area contributed by atoms with E-state index in [0.29, 0.717) is 6.54 Å². The molecule has 4 rings (SSSR count). The SMILES string of the molecule is COc1ccc2nccc(N3CCCC3Cn3nc(C(C)(C)C)ccc3=O)c2c1. The number of methoxy groups -OCH3 is 1. The maximum Gasteiger partial charge on any atom is 0.266 e. The molecular weight excluding hydrogens is 364 g/mol. The van der Waals surface area contributed by atoms with Crippen LogP contribution in [-0.4, -0.2) is 34.5 Å². The Morgan fingerprint density at radius 2 is 2.00 bits per heavy atom. The van der Waals surface area contributed by atoms with Crippen LogP contribution >= 0.6 is 0 Å². The molecule has 3 heterocycles. The van der Waals surface area contributed by atoms with Crippen molar-refractivity contribution >= 4 is 16.6 Å². The molecule has 0 radical (unpaired) electrons. The maximum absolute atomic E-state index is 12.5. The molecule has 1 aliphatic rings. The lowest BCUT2D eigenvalue weighted by Gasteiger charge is -2.28. The average molecular weight is 393 g/mol. The molecular formula is C23H28N4O2. The Morgan fingerprint density at radius 1 is 1.17 bits per heavy atom.